The Hall–Kier alpha value is -2.69. The zero-order valence-corrected chi connectivity index (χ0v) is 17.4. The fourth-order valence-corrected chi connectivity index (χ4v) is 4.64. The Morgan fingerprint density at radius 2 is 1.75 bits per heavy atom. The van der Waals surface area contributed by atoms with E-state index in [1.165, 1.54) is 10.4 Å². The average molecular weight is 400 g/mol. The SMILES string of the molecule is CCN(CC)S(=O)(=O)c1cc(C(=O)NC(C)c2ccc(C#N)cc2)ccc1C. The average Bonchev–Trinajstić information content (AvgIpc) is 2.68. The lowest BCUT2D eigenvalue weighted by atomic mass is 10.1. The molecule has 0 aliphatic rings. The third kappa shape index (κ3) is 4.58. The molecule has 6 nitrogen and oxygen atoms in total. The molecule has 2 aromatic rings. The van der Waals surface area contributed by atoms with Crippen molar-refractivity contribution in [1.29, 1.82) is 5.26 Å². The molecular formula is C21H25N3O3S. The molecule has 0 radical (unpaired) electrons. The van der Waals surface area contributed by atoms with Gasteiger partial charge in [-0.05, 0) is 49.2 Å². The number of nitriles is 1. The summed E-state index contributed by atoms with van der Waals surface area (Å²) in [4.78, 5) is 12.8. The molecular weight excluding hydrogens is 374 g/mol. The van der Waals surface area contributed by atoms with Gasteiger partial charge in [0.1, 0.15) is 0 Å². The summed E-state index contributed by atoms with van der Waals surface area (Å²) in [5, 5.41) is 11.8. The number of carbonyl (C=O) groups excluding carboxylic acids is 1. The number of nitrogens with zero attached hydrogens (tertiary/aromatic N) is 2. The molecule has 1 N–H and O–H groups in total. The molecule has 2 rings (SSSR count). The third-order valence-corrected chi connectivity index (χ3v) is 6.85. The second-order valence-corrected chi connectivity index (χ2v) is 8.40. The van der Waals surface area contributed by atoms with E-state index in [2.05, 4.69) is 11.4 Å². The highest BCUT2D eigenvalue weighted by Crippen LogP contribution is 2.22. The molecule has 1 atom stereocenters. The standard InChI is InChI=1S/C21H25N3O3S/c1-5-24(6-2)28(26,27)20-13-19(10-7-15(20)3)21(25)23-16(4)18-11-8-17(14-22)9-12-18/h7-13,16H,5-6H2,1-4H3,(H,23,25). The van der Waals surface area contributed by atoms with Crippen molar-refractivity contribution in [3.63, 3.8) is 0 Å². The van der Waals surface area contributed by atoms with E-state index in [1.807, 2.05) is 6.92 Å². The molecule has 0 saturated heterocycles. The number of hydrogen-bond acceptors (Lipinski definition) is 4. The van der Waals surface area contributed by atoms with Crippen LogP contribution in [0.4, 0.5) is 0 Å². The van der Waals surface area contributed by atoms with Crippen molar-refractivity contribution in [1.82, 2.24) is 9.62 Å². The second kappa shape index (κ2) is 9.00. The number of nitrogens with one attached hydrogen (secondary N) is 1. The highest BCUT2D eigenvalue weighted by molar-refractivity contribution is 7.89. The zero-order chi connectivity index (χ0) is 20.9. The molecule has 0 spiro atoms. The van der Waals surface area contributed by atoms with Crippen LogP contribution in [0, 0.1) is 18.3 Å². The number of aryl methyl sites for hydroxylation is 1. The Labute approximate surface area is 166 Å². The molecule has 0 aliphatic heterocycles. The minimum Gasteiger partial charge on any atom is -0.346 e. The molecule has 0 heterocycles. The molecule has 0 fully saturated rings. The van der Waals surface area contributed by atoms with Crippen molar-refractivity contribution >= 4 is 15.9 Å². The monoisotopic (exact) mass is 399 g/mol. The summed E-state index contributed by atoms with van der Waals surface area (Å²) in [5.74, 6) is -0.354. The van der Waals surface area contributed by atoms with Crippen LogP contribution in [0.3, 0.4) is 0 Å². The van der Waals surface area contributed by atoms with Crippen LogP contribution in [0.25, 0.3) is 0 Å². The fourth-order valence-electron chi connectivity index (χ4n) is 2.93. The maximum Gasteiger partial charge on any atom is 0.251 e. The van der Waals surface area contributed by atoms with Gasteiger partial charge in [-0.3, -0.25) is 4.79 Å². The lowest BCUT2D eigenvalue weighted by Crippen LogP contribution is -2.31. The van der Waals surface area contributed by atoms with Gasteiger partial charge in [-0.1, -0.05) is 32.0 Å². The number of rotatable bonds is 7. The van der Waals surface area contributed by atoms with Crippen LogP contribution in [0.2, 0.25) is 0 Å². The van der Waals surface area contributed by atoms with Crippen LogP contribution in [-0.2, 0) is 10.0 Å². The molecule has 0 aliphatic carbocycles. The number of carbonyl (C=O) groups is 1. The lowest BCUT2D eigenvalue weighted by Gasteiger charge is -2.20. The fraction of sp³-hybridized carbons (Fsp3) is 0.333. The largest absolute Gasteiger partial charge is 0.346 e. The molecule has 2 aromatic carbocycles. The van der Waals surface area contributed by atoms with Crippen LogP contribution in [-0.4, -0.2) is 31.7 Å². The van der Waals surface area contributed by atoms with Crippen LogP contribution >= 0.6 is 0 Å². The summed E-state index contributed by atoms with van der Waals surface area (Å²) < 4.78 is 27.1. The van der Waals surface area contributed by atoms with E-state index >= 15 is 0 Å². The quantitative estimate of drug-likeness (QED) is 0.773. The third-order valence-electron chi connectivity index (χ3n) is 4.66. The molecule has 0 aromatic heterocycles. The van der Waals surface area contributed by atoms with Crippen molar-refractivity contribution in [2.45, 2.75) is 38.6 Å². The predicted octanol–water partition coefficient (Wildman–Crippen LogP) is 3.39. The van der Waals surface area contributed by atoms with E-state index in [1.54, 1.807) is 57.2 Å². The van der Waals surface area contributed by atoms with Crippen LogP contribution < -0.4 is 5.32 Å². The van der Waals surface area contributed by atoms with Crippen molar-refractivity contribution < 1.29 is 13.2 Å². The van der Waals surface area contributed by atoms with Gasteiger partial charge in [-0.25, -0.2) is 8.42 Å². The van der Waals surface area contributed by atoms with Crippen LogP contribution in [0.5, 0.6) is 0 Å². The lowest BCUT2D eigenvalue weighted by molar-refractivity contribution is 0.0939. The van der Waals surface area contributed by atoms with Gasteiger partial charge in [0.15, 0.2) is 0 Å². The summed E-state index contributed by atoms with van der Waals surface area (Å²) >= 11 is 0. The molecule has 0 saturated carbocycles. The van der Waals surface area contributed by atoms with Crippen molar-refractivity contribution in [3.8, 4) is 6.07 Å². The Bertz CT molecular complexity index is 989. The highest BCUT2D eigenvalue weighted by atomic mass is 32.2. The minimum atomic E-state index is -3.65. The summed E-state index contributed by atoms with van der Waals surface area (Å²) in [7, 11) is -3.65. The smallest absolute Gasteiger partial charge is 0.251 e. The van der Waals surface area contributed by atoms with Gasteiger partial charge in [0.2, 0.25) is 10.0 Å². The summed E-state index contributed by atoms with van der Waals surface area (Å²) in [6.07, 6.45) is 0. The van der Waals surface area contributed by atoms with E-state index in [-0.39, 0.29) is 22.4 Å². The van der Waals surface area contributed by atoms with E-state index in [0.29, 0.717) is 24.2 Å². The topological polar surface area (TPSA) is 90.3 Å². The van der Waals surface area contributed by atoms with Gasteiger partial charge in [-0.2, -0.15) is 9.57 Å². The van der Waals surface area contributed by atoms with E-state index < -0.39 is 10.0 Å². The number of sulfonamides is 1. The molecule has 148 valence electrons. The van der Waals surface area contributed by atoms with Gasteiger partial charge < -0.3 is 5.32 Å². The van der Waals surface area contributed by atoms with E-state index in [9.17, 15) is 13.2 Å². The van der Waals surface area contributed by atoms with Crippen LogP contribution in [0.15, 0.2) is 47.4 Å². The summed E-state index contributed by atoms with van der Waals surface area (Å²) in [6.45, 7) is 7.85. The zero-order valence-electron chi connectivity index (χ0n) is 16.6. The Kier molecular flexibility index (Phi) is 6.95. The van der Waals surface area contributed by atoms with Gasteiger partial charge >= 0.3 is 0 Å². The van der Waals surface area contributed by atoms with Gasteiger partial charge in [0.25, 0.3) is 5.91 Å². The van der Waals surface area contributed by atoms with E-state index in [0.717, 1.165) is 5.56 Å². The Balaban J connectivity index is 2.28. The molecule has 28 heavy (non-hydrogen) atoms. The van der Waals surface area contributed by atoms with Crippen molar-refractivity contribution in [3.05, 3.63) is 64.7 Å². The highest BCUT2D eigenvalue weighted by Gasteiger charge is 2.25. The number of hydrogen-bond donors (Lipinski definition) is 1. The maximum atomic E-state index is 12.9. The normalized spacial score (nSPS) is 12.4. The number of benzene rings is 2. The molecule has 1 amide bonds. The molecule has 0 bridgehead atoms. The van der Waals surface area contributed by atoms with Gasteiger partial charge in [0.05, 0.1) is 22.6 Å². The molecule has 1 unspecified atom stereocenters. The Morgan fingerprint density at radius 1 is 1.14 bits per heavy atom. The predicted molar refractivity (Wildman–Crippen MR) is 108 cm³/mol. The molecule has 7 heteroatoms. The first-order valence-electron chi connectivity index (χ1n) is 9.16. The first-order chi connectivity index (χ1) is 13.2. The first kappa shape index (κ1) is 21.6. The number of amides is 1. The summed E-state index contributed by atoms with van der Waals surface area (Å²) in [5.41, 5.74) is 2.29. The first-order valence-corrected chi connectivity index (χ1v) is 10.6. The second-order valence-electron chi connectivity index (χ2n) is 6.50. The van der Waals surface area contributed by atoms with Gasteiger partial charge in [-0.15, -0.1) is 0 Å². The van der Waals surface area contributed by atoms with Crippen LogP contribution in [0.1, 0.15) is 53.9 Å². The van der Waals surface area contributed by atoms with Gasteiger partial charge in [0, 0.05) is 18.7 Å². The van der Waals surface area contributed by atoms with E-state index in [4.69, 9.17) is 5.26 Å². The van der Waals surface area contributed by atoms with Crippen molar-refractivity contribution in [2.24, 2.45) is 0 Å². The Morgan fingerprint density at radius 3 is 2.29 bits per heavy atom. The minimum absolute atomic E-state index is 0.148. The maximum absolute atomic E-state index is 12.9. The summed E-state index contributed by atoms with van der Waals surface area (Å²) in [6, 6.07) is 13.4. The van der Waals surface area contributed by atoms with Crippen molar-refractivity contribution in [2.75, 3.05) is 13.1 Å².